The van der Waals surface area contributed by atoms with Crippen molar-refractivity contribution in [1.29, 1.82) is 0 Å². The van der Waals surface area contributed by atoms with Crippen molar-refractivity contribution in [3.8, 4) is 5.75 Å². The van der Waals surface area contributed by atoms with Crippen LogP contribution < -0.4 is 10.6 Å². The molecule has 110 valence electrons. The number of aromatic hydroxyl groups is 1. The van der Waals surface area contributed by atoms with Crippen LogP contribution in [-0.2, 0) is 6.42 Å². The summed E-state index contributed by atoms with van der Waals surface area (Å²) in [5.41, 5.74) is 1.41. The molecule has 0 heterocycles. The van der Waals surface area contributed by atoms with E-state index in [9.17, 15) is 9.90 Å². The summed E-state index contributed by atoms with van der Waals surface area (Å²) in [5.74, 6) is -0.0255. The van der Waals surface area contributed by atoms with E-state index in [1.165, 1.54) is 12.1 Å². The number of anilines is 1. The molecule has 2 aromatic rings. The maximum atomic E-state index is 11.7. The van der Waals surface area contributed by atoms with Gasteiger partial charge in [-0.25, -0.2) is 4.79 Å². The van der Waals surface area contributed by atoms with Crippen LogP contribution >= 0.6 is 27.5 Å². The molecule has 0 unspecified atom stereocenters. The Bertz CT molecular complexity index is 632. The number of benzene rings is 2. The summed E-state index contributed by atoms with van der Waals surface area (Å²) in [6.07, 6.45) is 0.724. The third kappa shape index (κ3) is 4.95. The first-order valence-electron chi connectivity index (χ1n) is 6.32. The smallest absolute Gasteiger partial charge is 0.319 e. The summed E-state index contributed by atoms with van der Waals surface area (Å²) in [6.45, 7) is 0.495. The molecule has 0 atom stereocenters. The Balaban J connectivity index is 1.82. The van der Waals surface area contributed by atoms with E-state index in [4.69, 9.17) is 11.6 Å². The number of carbonyl (C=O) groups excluding carboxylic acids is 1. The molecule has 2 amide bonds. The molecule has 0 saturated carbocycles. The van der Waals surface area contributed by atoms with E-state index in [1.54, 1.807) is 6.07 Å². The number of urea groups is 1. The first-order chi connectivity index (χ1) is 10.0. The zero-order valence-electron chi connectivity index (χ0n) is 11.1. The maximum Gasteiger partial charge on any atom is 0.319 e. The molecule has 0 fully saturated rings. The van der Waals surface area contributed by atoms with Crippen molar-refractivity contribution in [3.05, 3.63) is 57.5 Å². The SMILES string of the molecule is O=C(NCCc1ccc(Br)cc1)Nc1cc(Cl)ccc1O. The number of carbonyl (C=O) groups is 1. The Morgan fingerprint density at radius 3 is 2.62 bits per heavy atom. The molecule has 2 aromatic carbocycles. The fraction of sp³-hybridized carbons (Fsp3) is 0.133. The summed E-state index contributed by atoms with van der Waals surface area (Å²) in [4.78, 5) is 11.7. The van der Waals surface area contributed by atoms with Crippen molar-refractivity contribution in [2.45, 2.75) is 6.42 Å². The molecule has 0 bridgehead atoms. The van der Waals surface area contributed by atoms with E-state index in [0.717, 1.165) is 16.5 Å². The van der Waals surface area contributed by atoms with Crippen LogP contribution in [0.4, 0.5) is 10.5 Å². The largest absolute Gasteiger partial charge is 0.506 e. The zero-order valence-corrected chi connectivity index (χ0v) is 13.4. The van der Waals surface area contributed by atoms with Gasteiger partial charge in [-0.15, -0.1) is 0 Å². The van der Waals surface area contributed by atoms with E-state index in [0.29, 0.717) is 11.6 Å². The van der Waals surface area contributed by atoms with Crippen molar-refractivity contribution in [2.75, 3.05) is 11.9 Å². The monoisotopic (exact) mass is 368 g/mol. The summed E-state index contributed by atoms with van der Waals surface area (Å²) >= 11 is 9.18. The first-order valence-corrected chi connectivity index (χ1v) is 7.49. The standard InChI is InChI=1S/C15H14BrClN2O2/c16-11-3-1-10(2-4-11)7-8-18-15(21)19-13-9-12(17)5-6-14(13)20/h1-6,9,20H,7-8H2,(H2,18,19,21). The molecular formula is C15H14BrClN2O2. The van der Waals surface area contributed by atoms with Crippen LogP contribution in [0.1, 0.15) is 5.56 Å². The number of rotatable bonds is 4. The van der Waals surface area contributed by atoms with Gasteiger partial charge < -0.3 is 15.7 Å². The van der Waals surface area contributed by atoms with E-state index in [-0.39, 0.29) is 17.5 Å². The third-order valence-electron chi connectivity index (χ3n) is 2.82. The molecule has 4 nitrogen and oxygen atoms in total. The second kappa shape index (κ2) is 7.33. The van der Waals surface area contributed by atoms with Gasteiger partial charge in [-0.05, 0) is 42.3 Å². The fourth-order valence-electron chi connectivity index (χ4n) is 1.75. The van der Waals surface area contributed by atoms with Gasteiger partial charge in [0.15, 0.2) is 0 Å². The van der Waals surface area contributed by atoms with Crippen LogP contribution in [0.3, 0.4) is 0 Å². The zero-order chi connectivity index (χ0) is 15.2. The van der Waals surface area contributed by atoms with Crippen LogP contribution in [0.25, 0.3) is 0 Å². The summed E-state index contributed by atoms with van der Waals surface area (Å²) in [7, 11) is 0. The number of nitrogens with one attached hydrogen (secondary N) is 2. The Hall–Kier alpha value is -1.72. The topological polar surface area (TPSA) is 61.4 Å². The van der Waals surface area contributed by atoms with Crippen molar-refractivity contribution in [3.63, 3.8) is 0 Å². The molecule has 0 aliphatic carbocycles. The molecule has 0 aliphatic heterocycles. The molecular weight excluding hydrogens is 356 g/mol. The molecule has 0 aliphatic rings. The third-order valence-corrected chi connectivity index (χ3v) is 3.58. The van der Waals surface area contributed by atoms with Crippen molar-refractivity contribution < 1.29 is 9.90 Å². The molecule has 21 heavy (non-hydrogen) atoms. The maximum absolute atomic E-state index is 11.7. The highest BCUT2D eigenvalue weighted by atomic mass is 79.9. The molecule has 2 rings (SSSR count). The first kappa shape index (κ1) is 15.7. The molecule has 0 saturated heterocycles. The predicted molar refractivity (Wildman–Crippen MR) is 88.0 cm³/mol. The van der Waals surface area contributed by atoms with Gasteiger partial charge in [-0.3, -0.25) is 0 Å². The minimum absolute atomic E-state index is 0.0255. The van der Waals surface area contributed by atoms with Gasteiger partial charge >= 0.3 is 6.03 Å². The van der Waals surface area contributed by atoms with E-state index in [1.807, 2.05) is 24.3 Å². The van der Waals surface area contributed by atoms with Crippen molar-refractivity contribution >= 4 is 39.2 Å². The average molecular weight is 370 g/mol. The number of phenols is 1. The highest BCUT2D eigenvalue weighted by molar-refractivity contribution is 9.10. The fourth-order valence-corrected chi connectivity index (χ4v) is 2.18. The van der Waals surface area contributed by atoms with Gasteiger partial charge in [0, 0.05) is 16.0 Å². The number of hydrogen-bond donors (Lipinski definition) is 3. The van der Waals surface area contributed by atoms with Crippen molar-refractivity contribution in [2.24, 2.45) is 0 Å². The van der Waals surface area contributed by atoms with Crippen LogP contribution in [0.2, 0.25) is 5.02 Å². The van der Waals surface area contributed by atoms with E-state index < -0.39 is 0 Å². The highest BCUT2D eigenvalue weighted by Gasteiger charge is 2.06. The highest BCUT2D eigenvalue weighted by Crippen LogP contribution is 2.26. The lowest BCUT2D eigenvalue weighted by atomic mass is 10.1. The second-order valence-electron chi connectivity index (χ2n) is 4.42. The van der Waals surface area contributed by atoms with E-state index >= 15 is 0 Å². The van der Waals surface area contributed by atoms with Gasteiger partial charge in [0.25, 0.3) is 0 Å². The second-order valence-corrected chi connectivity index (χ2v) is 5.77. The number of halogens is 2. The van der Waals surface area contributed by atoms with Crippen LogP contribution in [-0.4, -0.2) is 17.7 Å². The molecule has 0 aromatic heterocycles. The van der Waals surface area contributed by atoms with Gasteiger partial charge in [0.1, 0.15) is 5.75 Å². The lowest BCUT2D eigenvalue weighted by Crippen LogP contribution is -2.30. The lowest BCUT2D eigenvalue weighted by Gasteiger charge is -2.09. The summed E-state index contributed by atoms with van der Waals surface area (Å²) in [5, 5.41) is 15.3. The van der Waals surface area contributed by atoms with Crippen LogP contribution in [0.5, 0.6) is 5.75 Å². The molecule has 0 spiro atoms. The quantitative estimate of drug-likeness (QED) is 0.708. The molecule has 0 radical (unpaired) electrons. The average Bonchev–Trinajstić information content (AvgIpc) is 2.45. The normalized spacial score (nSPS) is 10.2. The summed E-state index contributed by atoms with van der Waals surface area (Å²) < 4.78 is 1.02. The van der Waals surface area contributed by atoms with Gasteiger partial charge in [0.2, 0.25) is 0 Å². The van der Waals surface area contributed by atoms with Crippen LogP contribution in [0, 0.1) is 0 Å². The Labute approximate surface area is 136 Å². The molecule has 6 heteroatoms. The predicted octanol–water partition coefficient (Wildman–Crippen LogP) is 4.17. The Kier molecular flexibility index (Phi) is 5.47. The van der Waals surface area contributed by atoms with E-state index in [2.05, 4.69) is 26.6 Å². The summed E-state index contributed by atoms with van der Waals surface area (Å²) in [6, 6.07) is 12.0. The number of phenolic OH excluding ortho intramolecular Hbond substituents is 1. The minimum atomic E-state index is -0.385. The minimum Gasteiger partial charge on any atom is -0.506 e. The Morgan fingerprint density at radius 1 is 1.19 bits per heavy atom. The number of hydrogen-bond acceptors (Lipinski definition) is 2. The molecule has 3 N–H and O–H groups in total. The Morgan fingerprint density at radius 2 is 1.90 bits per heavy atom. The van der Waals surface area contributed by atoms with Gasteiger partial charge in [-0.1, -0.05) is 39.7 Å². The van der Waals surface area contributed by atoms with Crippen molar-refractivity contribution in [1.82, 2.24) is 5.32 Å². The van der Waals surface area contributed by atoms with Crippen LogP contribution in [0.15, 0.2) is 46.9 Å². The lowest BCUT2D eigenvalue weighted by molar-refractivity contribution is 0.252. The number of amides is 2. The van der Waals surface area contributed by atoms with Gasteiger partial charge in [0.05, 0.1) is 5.69 Å². The van der Waals surface area contributed by atoms with Gasteiger partial charge in [-0.2, -0.15) is 0 Å².